The molecule has 0 unspecified atom stereocenters. The Labute approximate surface area is 115 Å². The lowest BCUT2D eigenvalue weighted by molar-refractivity contribution is 0.110. The number of hydrogen-bond acceptors (Lipinski definition) is 4. The van der Waals surface area contributed by atoms with E-state index in [-0.39, 0.29) is 5.02 Å². The fourth-order valence-electron chi connectivity index (χ4n) is 1.77. The van der Waals surface area contributed by atoms with Crippen LogP contribution in [-0.4, -0.2) is 19.8 Å². The van der Waals surface area contributed by atoms with E-state index in [1.165, 1.54) is 0 Å². The Hall–Kier alpha value is -1.52. The number of hydrogen-bond donors (Lipinski definition) is 0. The number of benzene rings is 1. The zero-order valence-electron chi connectivity index (χ0n) is 10.9. The molecule has 19 heavy (non-hydrogen) atoms. The molecule has 4 nitrogen and oxygen atoms in total. The second-order valence-electron chi connectivity index (χ2n) is 4.03. The summed E-state index contributed by atoms with van der Waals surface area (Å²) in [7, 11) is 0. The van der Waals surface area contributed by atoms with Gasteiger partial charge in [0.1, 0.15) is 23.0 Å². The highest BCUT2D eigenvalue weighted by atomic mass is 35.5. The molecule has 1 aromatic carbocycles. The largest absolute Gasteiger partial charge is 0.491 e. The topological polar surface area (TPSA) is 48.7 Å². The normalized spacial score (nSPS) is 10.9. The van der Waals surface area contributed by atoms with Gasteiger partial charge in [-0.25, -0.2) is 4.79 Å². The Kier molecular flexibility index (Phi) is 4.45. The summed E-state index contributed by atoms with van der Waals surface area (Å²) in [5, 5.41) is 0.930. The Morgan fingerprint density at radius 3 is 2.84 bits per heavy atom. The van der Waals surface area contributed by atoms with Crippen molar-refractivity contribution in [3.63, 3.8) is 0 Å². The molecule has 0 spiro atoms. The molecule has 0 atom stereocenters. The number of fused-ring (bicyclic) bond motifs is 1. The molecule has 1 aromatic heterocycles. The molecule has 5 heteroatoms. The van der Waals surface area contributed by atoms with E-state index < -0.39 is 5.63 Å². The van der Waals surface area contributed by atoms with Gasteiger partial charge < -0.3 is 13.9 Å². The lowest BCUT2D eigenvalue weighted by atomic mass is 10.1. The zero-order chi connectivity index (χ0) is 13.8. The molecule has 0 N–H and O–H groups in total. The third-order valence-corrected chi connectivity index (χ3v) is 3.21. The summed E-state index contributed by atoms with van der Waals surface area (Å²) in [4.78, 5) is 11.5. The van der Waals surface area contributed by atoms with Crippen LogP contribution in [-0.2, 0) is 4.74 Å². The summed E-state index contributed by atoms with van der Waals surface area (Å²) in [5.74, 6) is 0.636. The van der Waals surface area contributed by atoms with Gasteiger partial charge in [0.2, 0.25) is 0 Å². The third-order valence-electron chi connectivity index (χ3n) is 2.77. The summed E-state index contributed by atoms with van der Waals surface area (Å²) in [6.07, 6.45) is 0. The lowest BCUT2D eigenvalue weighted by Gasteiger charge is -2.08. The van der Waals surface area contributed by atoms with Gasteiger partial charge in [0.15, 0.2) is 0 Å². The molecular formula is C14H15ClO4. The van der Waals surface area contributed by atoms with Crippen LogP contribution >= 0.6 is 11.6 Å². The highest BCUT2D eigenvalue weighted by Gasteiger charge is 2.09. The van der Waals surface area contributed by atoms with Crippen molar-refractivity contribution >= 4 is 22.6 Å². The molecule has 0 bridgehead atoms. The van der Waals surface area contributed by atoms with Crippen LogP contribution in [0.3, 0.4) is 0 Å². The van der Waals surface area contributed by atoms with E-state index in [9.17, 15) is 4.79 Å². The maximum atomic E-state index is 11.5. The second-order valence-corrected chi connectivity index (χ2v) is 4.41. The standard InChI is InChI=1S/C14H15ClO4/c1-3-17-6-7-18-10-4-5-11-9(2)13(15)14(16)19-12(11)8-10/h4-5,8H,3,6-7H2,1-2H3. The summed E-state index contributed by atoms with van der Waals surface area (Å²) in [6.45, 7) is 5.36. The highest BCUT2D eigenvalue weighted by Crippen LogP contribution is 2.25. The Balaban J connectivity index is 2.26. The van der Waals surface area contributed by atoms with Crippen molar-refractivity contribution < 1.29 is 13.9 Å². The number of rotatable bonds is 5. The van der Waals surface area contributed by atoms with Crippen molar-refractivity contribution in [2.45, 2.75) is 13.8 Å². The summed E-state index contributed by atoms with van der Waals surface area (Å²) in [6, 6.07) is 5.33. The van der Waals surface area contributed by atoms with Crippen LogP contribution in [0.25, 0.3) is 11.0 Å². The van der Waals surface area contributed by atoms with Gasteiger partial charge in [-0.05, 0) is 31.5 Å². The summed E-state index contributed by atoms with van der Waals surface area (Å²) < 4.78 is 15.8. The van der Waals surface area contributed by atoms with Gasteiger partial charge in [-0.2, -0.15) is 0 Å². The van der Waals surface area contributed by atoms with Gasteiger partial charge in [-0.1, -0.05) is 11.6 Å². The Bertz CT molecular complexity index is 633. The molecule has 2 aromatic rings. The zero-order valence-corrected chi connectivity index (χ0v) is 11.6. The molecule has 2 rings (SSSR count). The number of ether oxygens (including phenoxy) is 2. The van der Waals surface area contributed by atoms with Crippen LogP contribution in [0.1, 0.15) is 12.5 Å². The monoisotopic (exact) mass is 282 g/mol. The molecule has 0 aliphatic carbocycles. The molecule has 0 aliphatic rings. The van der Waals surface area contributed by atoms with Crippen molar-refractivity contribution in [2.24, 2.45) is 0 Å². The van der Waals surface area contributed by atoms with Crippen molar-refractivity contribution in [1.29, 1.82) is 0 Å². The van der Waals surface area contributed by atoms with Crippen LogP contribution in [0.15, 0.2) is 27.4 Å². The van der Waals surface area contributed by atoms with E-state index >= 15 is 0 Å². The molecule has 102 valence electrons. The first kappa shape index (κ1) is 13.9. The minimum atomic E-state index is -0.530. The van der Waals surface area contributed by atoms with E-state index in [4.69, 9.17) is 25.5 Å². The molecular weight excluding hydrogens is 268 g/mol. The highest BCUT2D eigenvalue weighted by molar-refractivity contribution is 6.31. The van der Waals surface area contributed by atoms with Crippen molar-refractivity contribution in [1.82, 2.24) is 0 Å². The average Bonchev–Trinajstić information content (AvgIpc) is 2.41. The molecule has 0 fully saturated rings. The van der Waals surface area contributed by atoms with E-state index in [1.807, 2.05) is 19.1 Å². The number of aryl methyl sites for hydroxylation is 1. The molecule has 1 heterocycles. The van der Waals surface area contributed by atoms with Crippen LogP contribution in [0.4, 0.5) is 0 Å². The first-order valence-electron chi connectivity index (χ1n) is 6.07. The van der Waals surface area contributed by atoms with Gasteiger partial charge in [0.25, 0.3) is 0 Å². The van der Waals surface area contributed by atoms with E-state index in [0.29, 0.717) is 36.7 Å². The number of halogens is 1. The van der Waals surface area contributed by atoms with Gasteiger partial charge in [-0.3, -0.25) is 0 Å². The average molecular weight is 283 g/mol. The smallest absolute Gasteiger partial charge is 0.355 e. The van der Waals surface area contributed by atoms with E-state index in [2.05, 4.69) is 0 Å². The van der Waals surface area contributed by atoms with Crippen LogP contribution in [0.2, 0.25) is 5.02 Å². The first-order chi connectivity index (χ1) is 9.13. The molecule has 0 saturated heterocycles. The fourth-order valence-corrected chi connectivity index (χ4v) is 1.91. The predicted molar refractivity (Wildman–Crippen MR) is 74.2 cm³/mol. The molecule has 0 aliphatic heterocycles. The van der Waals surface area contributed by atoms with Crippen LogP contribution < -0.4 is 10.4 Å². The van der Waals surface area contributed by atoms with Crippen molar-refractivity contribution in [3.05, 3.63) is 39.2 Å². The lowest BCUT2D eigenvalue weighted by Crippen LogP contribution is -2.06. The quantitative estimate of drug-likeness (QED) is 0.624. The van der Waals surface area contributed by atoms with E-state index in [0.717, 1.165) is 5.39 Å². The summed E-state index contributed by atoms with van der Waals surface area (Å²) >= 11 is 5.86. The first-order valence-corrected chi connectivity index (χ1v) is 6.44. The van der Waals surface area contributed by atoms with Gasteiger partial charge in [0.05, 0.1) is 6.61 Å². The van der Waals surface area contributed by atoms with Gasteiger partial charge >= 0.3 is 5.63 Å². The Morgan fingerprint density at radius 1 is 1.32 bits per heavy atom. The molecule has 0 amide bonds. The maximum absolute atomic E-state index is 11.5. The van der Waals surface area contributed by atoms with Crippen molar-refractivity contribution in [2.75, 3.05) is 19.8 Å². The molecule has 0 radical (unpaired) electrons. The Morgan fingerprint density at radius 2 is 2.11 bits per heavy atom. The maximum Gasteiger partial charge on any atom is 0.355 e. The minimum Gasteiger partial charge on any atom is -0.491 e. The van der Waals surface area contributed by atoms with Gasteiger partial charge in [-0.15, -0.1) is 0 Å². The van der Waals surface area contributed by atoms with Crippen LogP contribution in [0.5, 0.6) is 5.75 Å². The van der Waals surface area contributed by atoms with Crippen LogP contribution in [0, 0.1) is 6.92 Å². The van der Waals surface area contributed by atoms with Gasteiger partial charge in [0, 0.05) is 18.1 Å². The van der Waals surface area contributed by atoms with E-state index in [1.54, 1.807) is 13.0 Å². The SMILES string of the molecule is CCOCCOc1ccc2c(C)c(Cl)c(=O)oc2c1. The fraction of sp³-hybridized carbons (Fsp3) is 0.357. The second kappa shape index (κ2) is 6.08. The molecule has 0 saturated carbocycles. The third kappa shape index (κ3) is 3.08. The summed E-state index contributed by atoms with van der Waals surface area (Å²) in [5.41, 5.74) is 0.660. The minimum absolute atomic E-state index is 0.123. The predicted octanol–water partition coefficient (Wildman–Crippen LogP) is 3.17. The van der Waals surface area contributed by atoms with Crippen molar-refractivity contribution in [3.8, 4) is 5.75 Å².